The van der Waals surface area contributed by atoms with Gasteiger partial charge in [-0.3, -0.25) is 14.9 Å². The minimum absolute atomic E-state index is 0.110. The fourth-order valence-corrected chi connectivity index (χ4v) is 1.82. The van der Waals surface area contributed by atoms with Crippen molar-refractivity contribution in [3.63, 3.8) is 0 Å². The lowest BCUT2D eigenvalue weighted by atomic mass is 10.1. The van der Waals surface area contributed by atoms with Crippen LogP contribution >= 0.6 is 15.9 Å². The molecule has 0 aromatic heterocycles. The van der Waals surface area contributed by atoms with Crippen molar-refractivity contribution in [3.05, 3.63) is 37.8 Å². The summed E-state index contributed by atoms with van der Waals surface area (Å²) in [5, 5.41) is 10.7. The molecule has 14 heavy (non-hydrogen) atoms. The van der Waals surface area contributed by atoms with Crippen molar-refractivity contribution < 1.29 is 9.72 Å². The summed E-state index contributed by atoms with van der Waals surface area (Å²) in [5.41, 5.74) is 0.511. The van der Waals surface area contributed by atoms with Crippen LogP contribution in [0, 0.1) is 17.0 Å². The number of rotatable bonds is 2. The third-order valence-corrected chi connectivity index (χ3v) is 2.28. The molecule has 0 unspecified atom stereocenters. The number of Topliss-reactive ketones (excluding diaryl/α,β-unsaturated/α-hetero) is 1. The summed E-state index contributed by atoms with van der Waals surface area (Å²) in [4.78, 5) is 21.3. The number of nitro benzene ring substituents is 1. The minimum atomic E-state index is -0.529. The summed E-state index contributed by atoms with van der Waals surface area (Å²) < 4.78 is 0.672. The lowest BCUT2D eigenvalue weighted by Crippen LogP contribution is -2.02. The third kappa shape index (κ3) is 1.98. The molecule has 0 radical (unpaired) electrons. The van der Waals surface area contributed by atoms with Crippen LogP contribution in [0.3, 0.4) is 0 Å². The van der Waals surface area contributed by atoms with E-state index in [0.29, 0.717) is 10.0 Å². The van der Waals surface area contributed by atoms with E-state index in [-0.39, 0.29) is 17.0 Å². The highest BCUT2D eigenvalue weighted by molar-refractivity contribution is 9.10. The topological polar surface area (TPSA) is 60.2 Å². The van der Waals surface area contributed by atoms with Gasteiger partial charge in [0.2, 0.25) is 0 Å². The summed E-state index contributed by atoms with van der Waals surface area (Å²) in [7, 11) is 0. The highest BCUT2D eigenvalue weighted by Gasteiger charge is 2.20. The van der Waals surface area contributed by atoms with Crippen molar-refractivity contribution in [3.8, 4) is 0 Å². The number of ketones is 1. The van der Waals surface area contributed by atoms with E-state index in [2.05, 4.69) is 15.9 Å². The lowest BCUT2D eigenvalue weighted by Gasteiger charge is -2.02. The van der Waals surface area contributed by atoms with Crippen LogP contribution in [0.1, 0.15) is 22.8 Å². The Balaban J connectivity index is 3.52. The van der Waals surface area contributed by atoms with Gasteiger partial charge in [0.15, 0.2) is 5.78 Å². The van der Waals surface area contributed by atoms with E-state index in [1.165, 1.54) is 13.0 Å². The number of nitrogens with zero attached hydrogens (tertiary/aromatic N) is 1. The molecule has 1 rings (SSSR count). The molecule has 0 saturated carbocycles. The van der Waals surface area contributed by atoms with E-state index in [4.69, 9.17) is 0 Å². The van der Waals surface area contributed by atoms with E-state index in [0.717, 1.165) is 0 Å². The summed E-state index contributed by atoms with van der Waals surface area (Å²) in [6.07, 6.45) is 0. The van der Waals surface area contributed by atoms with Crippen molar-refractivity contribution >= 4 is 27.4 Å². The number of carbonyl (C=O) groups excluding carboxylic acids is 1. The Labute approximate surface area is 89.2 Å². The van der Waals surface area contributed by atoms with Crippen LogP contribution in [0.5, 0.6) is 0 Å². The monoisotopic (exact) mass is 257 g/mol. The molecule has 0 spiro atoms. The summed E-state index contributed by atoms with van der Waals surface area (Å²) in [5.74, 6) is -0.305. The minimum Gasteiger partial charge on any atom is -0.294 e. The summed E-state index contributed by atoms with van der Waals surface area (Å²) in [6.45, 7) is 2.92. The zero-order chi connectivity index (χ0) is 10.9. The first kappa shape index (κ1) is 10.8. The first-order valence-corrected chi connectivity index (χ1v) is 4.68. The van der Waals surface area contributed by atoms with Crippen LogP contribution < -0.4 is 0 Å². The van der Waals surface area contributed by atoms with Gasteiger partial charge in [0.05, 0.1) is 10.5 Å². The molecule has 1 aromatic carbocycles. The summed E-state index contributed by atoms with van der Waals surface area (Å²) in [6, 6.07) is 3.08. The van der Waals surface area contributed by atoms with E-state index >= 15 is 0 Å². The Morgan fingerprint density at radius 3 is 2.50 bits per heavy atom. The number of hydrogen-bond donors (Lipinski definition) is 0. The second kappa shape index (κ2) is 3.88. The average molecular weight is 258 g/mol. The van der Waals surface area contributed by atoms with Crippen LogP contribution in [-0.2, 0) is 0 Å². The molecule has 1 aromatic rings. The summed E-state index contributed by atoms with van der Waals surface area (Å²) >= 11 is 3.19. The van der Waals surface area contributed by atoms with Gasteiger partial charge >= 0.3 is 0 Å². The SMILES string of the molecule is CC(=O)c1cc(Br)cc(C)c1[N+](=O)[O-]. The highest BCUT2D eigenvalue weighted by atomic mass is 79.9. The van der Waals surface area contributed by atoms with Gasteiger partial charge in [-0.25, -0.2) is 0 Å². The maximum absolute atomic E-state index is 11.1. The fraction of sp³-hybridized carbons (Fsp3) is 0.222. The van der Waals surface area contributed by atoms with Crippen LogP contribution in [0.15, 0.2) is 16.6 Å². The quantitative estimate of drug-likeness (QED) is 0.465. The van der Waals surface area contributed by atoms with Gasteiger partial charge in [-0.15, -0.1) is 0 Å². The van der Waals surface area contributed by atoms with Gasteiger partial charge in [0.1, 0.15) is 0 Å². The zero-order valence-corrected chi connectivity index (χ0v) is 9.29. The number of benzene rings is 1. The van der Waals surface area contributed by atoms with Crippen molar-refractivity contribution in [2.24, 2.45) is 0 Å². The highest BCUT2D eigenvalue weighted by Crippen LogP contribution is 2.27. The Morgan fingerprint density at radius 2 is 2.07 bits per heavy atom. The van der Waals surface area contributed by atoms with Crippen LogP contribution in [0.2, 0.25) is 0 Å². The molecular formula is C9H8BrNO3. The first-order valence-electron chi connectivity index (χ1n) is 3.89. The molecule has 0 amide bonds. The number of carbonyl (C=O) groups is 1. The molecule has 0 atom stereocenters. The maximum atomic E-state index is 11.1. The molecular weight excluding hydrogens is 250 g/mol. The van der Waals surface area contributed by atoms with Crippen LogP contribution in [0.25, 0.3) is 0 Å². The van der Waals surface area contributed by atoms with E-state index in [1.54, 1.807) is 13.0 Å². The van der Waals surface area contributed by atoms with E-state index < -0.39 is 4.92 Å². The molecule has 0 aliphatic heterocycles. The third-order valence-electron chi connectivity index (χ3n) is 1.83. The van der Waals surface area contributed by atoms with Gasteiger partial charge in [-0.1, -0.05) is 15.9 Å². The number of nitro groups is 1. The van der Waals surface area contributed by atoms with Crippen LogP contribution in [0.4, 0.5) is 5.69 Å². The predicted molar refractivity (Wildman–Crippen MR) is 55.5 cm³/mol. The number of halogens is 1. The largest absolute Gasteiger partial charge is 0.294 e. The number of aryl methyl sites for hydroxylation is 1. The Morgan fingerprint density at radius 1 is 1.50 bits per heavy atom. The zero-order valence-electron chi connectivity index (χ0n) is 7.70. The van der Waals surface area contributed by atoms with Crippen molar-refractivity contribution in [1.29, 1.82) is 0 Å². The molecule has 0 bridgehead atoms. The Hall–Kier alpha value is -1.23. The number of hydrogen-bond acceptors (Lipinski definition) is 3. The molecule has 0 aliphatic carbocycles. The smallest absolute Gasteiger partial charge is 0.283 e. The molecule has 0 N–H and O–H groups in total. The van der Waals surface area contributed by atoms with Crippen molar-refractivity contribution in [1.82, 2.24) is 0 Å². The second-order valence-corrected chi connectivity index (χ2v) is 3.85. The molecule has 5 heteroatoms. The molecule has 0 saturated heterocycles. The first-order chi connectivity index (χ1) is 6.43. The van der Waals surface area contributed by atoms with Crippen LogP contribution in [-0.4, -0.2) is 10.7 Å². The van der Waals surface area contributed by atoms with E-state index in [1.807, 2.05) is 0 Å². The molecule has 0 aliphatic rings. The molecule has 0 heterocycles. The fourth-order valence-electron chi connectivity index (χ4n) is 1.25. The Bertz CT molecular complexity index is 415. The van der Waals surface area contributed by atoms with Crippen molar-refractivity contribution in [2.45, 2.75) is 13.8 Å². The van der Waals surface area contributed by atoms with Gasteiger partial charge in [-0.2, -0.15) is 0 Å². The molecule has 0 fully saturated rings. The standard InChI is InChI=1S/C9H8BrNO3/c1-5-3-7(10)4-8(6(2)12)9(5)11(13)14/h3-4H,1-2H3. The lowest BCUT2D eigenvalue weighted by molar-refractivity contribution is -0.385. The normalized spacial score (nSPS) is 9.93. The van der Waals surface area contributed by atoms with Gasteiger partial charge in [0, 0.05) is 10.0 Å². The van der Waals surface area contributed by atoms with Gasteiger partial charge in [0.25, 0.3) is 5.69 Å². The second-order valence-electron chi connectivity index (χ2n) is 2.93. The van der Waals surface area contributed by atoms with Crippen molar-refractivity contribution in [2.75, 3.05) is 0 Å². The molecule has 74 valence electrons. The van der Waals surface area contributed by atoms with Gasteiger partial charge in [-0.05, 0) is 26.0 Å². The van der Waals surface area contributed by atoms with E-state index in [9.17, 15) is 14.9 Å². The molecule has 4 nitrogen and oxygen atoms in total. The average Bonchev–Trinajstić information content (AvgIpc) is 2.01. The van der Waals surface area contributed by atoms with Gasteiger partial charge < -0.3 is 0 Å². The maximum Gasteiger partial charge on any atom is 0.283 e. The predicted octanol–water partition coefficient (Wildman–Crippen LogP) is 2.87. The Kier molecular flexibility index (Phi) is 3.00.